The summed E-state index contributed by atoms with van der Waals surface area (Å²) in [5.41, 5.74) is -0.0168. The van der Waals surface area contributed by atoms with Gasteiger partial charge in [0, 0.05) is 24.1 Å². The molecule has 1 aliphatic heterocycles. The van der Waals surface area contributed by atoms with E-state index in [-0.39, 0.29) is 17.2 Å². The Kier molecular flexibility index (Phi) is 6.37. The van der Waals surface area contributed by atoms with Crippen molar-refractivity contribution in [1.82, 2.24) is 15.3 Å². The molecule has 0 spiro atoms. The van der Waals surface area contributed by atoms with Gasteiger partial charge in [-0.2, -0.15) is 0 Å². The highest BCUT2D eigenvalue weighted by molar-refractivity contribution is 8.01. The zero-order chi connectivity index (χ0) is 18.6. The number of amides is 1. The van der Waals surface area contributed by atoms with Crippen LogP contribution in [0, 0.1) is 5.92 Å². The summed E-state index contributed by atoms with van der Waals surface area (Å²) in [5, 5.41) is 6.88. The SMILES string of the molecule is CC(C)(C)c1cnc(CCSc2cnc(NC(=O)C3CCCNC3)s2)o1. The van der Waals surface area contributed by atoms with Crippen LogP contribution in [-0.2, 0) is 16.6 Å². The second kappa shape index (κ2) is 8.54. The quantitative estimate of drug-likeness (QED) is 0.727. The first-order valence-electron chi connectivity index (χ1n) is 8.97. The van der Waals surface area contributed by atoms with Gasteiger partial charge in [-0.15, -0.1) is 11.8 Å². The van der Waals surface area contributed by atoms with E-state index in [0.29, 0.717) is 5.13 Å². The molecule has 3 heterocycles. The van der Waals surface area contributed by atoms with E-state index in [9.17, 15) is 4.79 Å². The Hall–Kier alpha value is -1.38. The van der Waals surface area contributed by atoms with Crippen molar-refractivity contribution in [2.24, 2.45) is 5.92 Å². The van der Waals surface area contributed by atoms with Gasteiger partial charge >= 0.3 is 0 Å². The predicted octanol–water partition coefficient (Wildman–Crippen LogP) is 3.70. The van der Waals surface area contributed by atoms with Crippen LogP contribution in [0.4, 0.5) is 5.13 Å². The number of nitrogens with one attached hydrogen (secondary N) is 2. The number of piperidine rings is 1. The van der Waals surface area contributed by atoms with Gasteiger partial charge in [0.25, 0.3) is 0 Å². The third-order valence-corrected chi connectivity index (χ3v) is 6.34. The number of rotatable bonds is 6. The van der Waals surface area contributed by atoms with E-state index in [1.807, 2.05) is 12.4 Å². The smallest absolute Gasteiger partial charge is 0.230 e. The van der Waals surface area contributed by atoms with Crippen LogP contribution in [0.25, 0.3) is 0 Å². The molecule has 1 saturated heterocycles. The molecule has 142 valence electrons. The fourth-order valence-corrected chi connectivity index (χ4v) is 4.56. The summed E-state index contributed by atoms with van der Waals surface area (Å²) in [5.74, 6) is 2.66. The topological polar surface area (TPSA) is 80.0 Å². The number of carbonyl (C=O) groups is 1. The third-order valence-electron chi connectivity index (χ3n) is 4.24. The molecule has 3 rings (SSSR count). The fraction of sp³-hybridized carbons (Fsp3) is 0.611. The van der Waals surface area contributed by atoms with E-state index in [2.05, 4.69) is 41.4 Å². The Morgan fingerprint density at radius 1 is 1.42 bits per heavy atom. The molecular formula is C18H26N4O2S2. The molecule has 2 aromatic rings. The molecule has 1 aliphatic rings. The normalized spacial score (nSPS) is 18.0. The van der Waals surface area contributed by atoms with Crippen molar-refractivity contribution < 1.29 is 9.21 Å². The minimum Gasteiger partial charge on any atom is -0.445 e. The van der Waals surface area contributed by atoms with Gasteiger partial charge in [-0.25, -0.2) is 9.97 Å². The molecule has 0 aromatic carbocycles. The van der Waals surface area contributed by atoms with E-state index >= 15 is 0 Å². The first kappa shape index (κ1) is 19.4. The lowest BCUT2D eigenvalue weighted by atomic mass is 9.94. The van der Waals surface area contributed by atoms with Gasteiger partial charge in [0.1, 0.15) is 5.76 Å². The Morgan fingerprint density at radius 3 is 2.96 bits per heavy atom. The van der Waals surface area contributed by atoms with Gasteiger partial charge in [-0.1, -0.05) is 32.1 Å². The van der Waals surface area contributed by atoms with Gasteiger partial charge in [0.2, 0.25) is 5.91 Å². The molecule has 26 heavy (non-hydrogen) atoms. The van der Waals surface area contributed by atoms with E-state index in [0.717, 1.165) is 54.0 Å². The van der Waals surface area contributed by atoms with Crippen LogP contribution in [0.3, 0.4) is 0 Å². The molecule has 2 N–H and O–H groups in total. The number of aryl methyl sites for hydroxylation is 1. The summed E-state index contributed by atoms with van der Waals surface area (Å²) < 4.78 is 6.90. The molecule has 1 fully saturated rings. The number of anilines is 1. The molecule has 0 bridgehead atoms. The molecule has 1 atom stereocenters. The minimum absolute atomic E-state index is 0.0168. The summed E-state index contributed by atoms with van der Waals surface area (Å²) in [6.07, 6.45) is 6.40. The fourth-order valence-electron chi connectivity index (χ4n) is 2.68. The number of hydrogen-bond donors (Lipinski definition) is 2. The minimum atomic E-state index is -0.0168. The number of nitrogens with zero attached hydrogens (tertiary/aromatic N) is 2. The maximum atomic E-state index is 12.2. The highest BCUT2D eigenvalue weighted by Crippen LogP contribution is 2.30. The Labute approximate surface area is 162 Å². The zero-order valence-corrected chi connectivity index (χ0v) is 17.1. The van der Waals surface area contributed by atoms with Crippen molar-refractivity contribution in [3.05, 3.63) is 24.0 Å². The molecule has 0 saturated carbocycles. The van der Waals surface area contributed by atoms with E-state index in [1.54, 1.807) is 11.8 Å². The lowest BCUT2D eigenvalue weighted by Gasteiger charge is -2.21. The molecule has 2 aromatic heterocycles. The summed E-state index contributed by atoms with van der Waals surface area (Å²) in [4.78, 5) is 20.9. The highest BCUT2D eigenvalue weighted by Gasteiger charge is 2.22. The maximum Gasteiger partial charge on any atom is 0.230 e. The van der Waals surface area contributed by atoms with Crippen molar-refractivity contribution in [3.63, 3.8) is 0 Å². The Morgan fingerprint density at radius 2 is 2.27 bits per heavy atom. The largest absolute Gasteiger partial charge is 0.445 e. The number of hydrogen-bond acceptors (Lipinski definition) is 7. The van der Waals surface area contributed by atoms with Crippen molar-refractivity contribution in [2.45, 2.75) is 49.7 Å². The van der Waals surface area contributed by atoms with E-state index in [4.69, 9.17) is 4.42 Å². The summed E-state index contributed by atoms with van der Waals surface area (Å²) in [7, 11) is 0. The average molecular weight is 395 g/mol. The van der Waals surface area contributed by atoms with Crippen LogP contribution in [0.1, 0.15) is 45.3 Å². The van der Waals surface area contributed by atoms with Crippen LogP contribution < -0.4 is 10.6 Å². The Balaban J connectivity index is 1.45. The van der Waals surface area contributed by atoms with Crippen LogP contribution in [0.15, 0.2) is 21.0 Å². The third kappa shape index (κ3) is 5.31. The second-order valence-electron chi connectivity index (χ2n) is 7.48. The highest BCUT2D eigenvalue weighted by atomic mass is 32.2. The molecule has 6 nitrogen and oxygen atoms in total. The van der Waals surface area contributed by atoms with Gasteiger partial charge in [-0.3, -0.25) is 4.79 Å². The van der Waals surface area contributed by atoms with Crippen molar-refractivity contribution >= 4 is 34.1 Å². The first-order chi connectivity index (χ1) is 12.4. The lowest BCUT2D eigenvalue weighted by Crippen LogP contribution is -2.37. The van der Waals surface area contributed by atoms with Crippen LogP contribution in [0.2, 0.25) is 0 Å². The predicted molar refractivity (Wildman–Crippen MR) is 106 cm³/mol. The summed E-state index contributed by atoms with van der Waals surface area (Å²) in [6, 6.07) is 0. The number of carbonyl (C=O) groups excluding carboxylic acids is 1. The van der Waals surface area contributed by atoms with E-state index < -0.39 is 0 Å². The molecule has 0 radical (unpaired) electrons. The standard InChI is InChI=1S/C18H26N4O2S2/c1-18(2,3)13-10-20-14(24-13)6-8-25-15-11-21-17(26-15)22-16(23)12-5-4-7-19-9-12/h10-12,19H,4-9H2,1-3H3,(H,21,22,23). The number of aromatic nitrogens is 2. The van der Waals surface area contributed by atoms with Gasteiger partial charge in [0.05, 0.1) is 22.5 Å². The molecular weight excluding hydrogens is 368 g/mol. The Bertz CT molecular complexity index is 730. The van der Waals surface area contributed by atoms with Crippen LogP contribution >= 0.6 is 23.1 Å². The summed E-state index contributed by atoms with van der Waals surface area (Å²) in [6.45, 7) is 8.10. The van der Waals surface area contributed by atoms with Gasteiger partial charge < -0.3 is 15.1 Å². The average Bonchev–Trinajstić information content (AvgIpc) is 3.25. The number of oxazole rings is 1. The van der Waals surface area contributed by atoms with Gasteiger partial charge in [0.15, 0.2) is 11.0 Å². The zero-order valence-electron chi connectivity index (χ0n) is 15.5. The van der Waals surface area contributed by atoms with Crippen molar-refractivity contribution in [2.75, 3.05) is 24.2 Å². The van der Waals surface area contributed by atoms with Crippen LogP contribution in [-0.4, -0.2) is 34.7 Å². The van der Waals surface area contributed by atoms with Crippen LogP contribution in [0.5, 0.6) is 0 Å². The maximum absolute atomic E-state index is 12.2. The first-order valence-corrected chi connectivity index (χ1v) is 10.8. The molecule has 1 amide bonds. The number of thioether (sulfide) groups is 1. The molecule has 0 aliphatic carbocycles. The molecule has 8 heteroatoms. The van der Waals surface area contributed by atoms with Crippen molar-refractivity contribution in [1.29, 1.82) is 0 Å². The van der Waals surface area contributed by atoms with E-state index in [1.165, 1.54) is 11.3 Å². The summed E-state index contributed by atoms with van der Waals surface area (Å²) >= 11 is 3.23. The van der Waals surface area contributed by atoms with Crippen molar-refractivity contribution in [3.8, 4) is 0 Å². The number of thiazole rings is 1. The monoisotopic (exact) mass is 394 g/mol. The van der Waals surface area contributed by atoms with Gasteiger partial charge in [-0.05, 0) is 19.4 Å². The molecule has 1 unspecified atom stereocenters. The second-order valence-corrected chi connectivity index (χ2v) is 9.91. The lowest BCUT2D eigenvalue weighted by molar-refractivity contribution is -0.120.